The molecule has 126 valence electrons. The van der Waals surface area contributed by atoms with Crippen molar-refractivity contribution in [1.29, 1.82) is 0 Å². The molecule has 1 aliphatic heterocycles. The summed E-state index contributed by atoms with van der Waals surface area (Å²) in [5, 5.41) is 14.0. The number of hydrazone groups is 1. The Morgan fingerprint density at radius 2 is 2.04 bits per heavy atom. The van der Waals surface area contributed by atoms with Crippen LogP contribution in [0, 0.1) is 6.92 Å². The summed E-state index contributed by atoms with van der Waals surface area (Å²) in [4.78, 5) is 10.7. The predicted octanol–water partition coefficient (Wildman–Crippen LogP) is 2.16. The van der Waals surface area contributed by atoms with E-state index in [9.17, 15) is 5.11 Å². The molecule has 2 aromatic rings. The minimum absolute atomic E-state index is 0.283. The molecule has 1 saturated heterocycles. The second-order valence-corrected chi connectivity index (χ2v) is 5.67. The molecule has 7 heteroatoms. The first-order valence-corrected chi connectivity index (χ1v) is 7.88. The number of benzene rings is 1. The summed E-state index contributed by atoms with van der Waals surface area (Å²) < 4.78 is 5.36. The molecule has 0 atom stereocenters. The average molecular weight is 327 g/mol. The Balaban J connectivity index is 1.72. The fourth-order valence-electron chi connectivity index (χ4n) is 2.46. The number of aromatic nitrogens is 2. The first kappa shape index (κ1) is 16.2. The van der Waals surface area contributed by atoms with Gasteiger partial charge in [0.15, 0.2) is 5.82 Å². The van der Waals surface area contributed by atoms with Gasteiger partial charge in [-0.2, -0.15) is 5.10 Å². The minimum atomic E-state index is 0.283. The van der Waals surface area contributed by atoms with E-state index in [-0.39, 0.29) is 5.75 Å². The van der Waals surface area contributed by atoms with E-state index in [0.29, 0.717) is 19.0 Å². The van der Waals surface area contributed by atoms with E-state index >= 15 is 0 Å². The van der Waals surface area contributed by atoms with Crippen molar-refractivity contribution in [3.05, 3.63) is 41.7 Å². The van der Waals surface area contributed by atoms with Gasteiger partial charge in [0.2, 0.25) is 0 Å². The molecular weight excluding hydrogens is 306 g/mol. The number of ether oxygens (including phenoxy) is 1. The lowest BCUT2D eigenvalue weighted by atomic mass is 10.1. The van der Waals surface area contributed by atoms with E-state index in [1.807, 2.05) is 32.0 Å². The van der Waals surface area contributed by atoms with Crippen LogP contribution >= 0.6 is 0 Å². The summed E-state index contributed by atoms with van der Waals surface area (Å²) in [6.07, 6.45) is 1.53. The molecule has 2 heterocycles. The fourth-order valence-corrected chi connectivity index (χ4v) is 2.46. The van der Waals surface area contributed by atoms with Crippen LogP contribution in [0.15, 0.2) is 35.7 Å². The molecule has 0 spiro atoms. The molecule has 0 radical (unpaired) electrons. The average Bonchev–Trinajstić information content (AvgIpc) is 2.63. The normalized spacial score (nSPS) is 15.4. The number of nitrogens with one attached hydrogen (secondary N) is 1. The minimum Gasteiger partial charge on any atom is -0.508 e. The molecule has 24 heavy (non-hydrogen) atoms. The molecule has 0 bridgehead atoms. The van der Waals surface area contributed by atoms with Gasteiger partial charge in [-0.05, 0) is 43.2 Å². The molecule has 0 aliphatic carbocycles. The maximum Gasteiger partial charge on any atom is 0.151 e. The topological polar surface area (TPSA) is 82.9 Å². The van der Waals surface area contributed by atoms with Gasteiger partial charge in [-0.3, -0.25) is 5.43 Å². The van der Waals surface area contributed by atoms with Crippen LogP contribution in [0.3, 0.4) is 0 Å². The smallest absolute Gasteiger partial charge is 0.151 e. The Bertz CT molecular complexity index is 742. The SMILES string of the molecule is C/C(=N\Nc1cc(N2CCOCC2)ncn1)c1ccc(O)c(C)c1. The molecule has 1 aliphatic rings. The number of anilines is 2. The van der Waals surface area contributed by atoms with Crippen molar-refractivity contribution >= 4 is 17.3 Å². The van der Waals surface area contributed by atoms with Gasteiger partial charge >= 0.3 is 0 Å². The van der Waals surface area contributed by atoms with E-state index < -0.39 is 0 Å². The van der Waals surface area contributed by atoms with Gasteiger partial charge in [0.1, 0.15) is 17.9 Å². The van der Waals surface area contributed by atoms with Crippen molar-refractivity contribution in [3.63, 3.8) is 0 Å². The van der Waals surface area contributed by atoms with Crippen LogP contribution in [0.4, 0.5) is 11.6 Å². The predicted molar refractivity (Wildman–Crippen MR) is 93.7 cm³/mol. The first-order chi connectivity index (χ1) is 11.6. The molecule has 7 nitrogen and oxygen atoms in total. The molecule has 2 N–H and O–H groups in total. The van der Waals surface area contributed by atoms with Crippen molar-refractivity contribution in [2.75, 3.05) is 36.6 Å². The van der Waals surface area contributed by atoms with Crippen molar-refractivity contribution in [2.24, 2.45) is 5.10 Å². The number of nitrogens with zero attached hydrogens (tertiary/aromatic N) is 4. The van der Waals surface area contributed by atoms with Crippen molar-refractivity contribution in [2.45, 2.75) is 13.8 Å². The van der Waals surface area contributed by atoms with E-state index in [2.05, 4.69) is 25.4 Å². The number of phenolic OH excluding ortho intramolecular Hbond substituents is 1. The highest BCUT2D eigenvalue weighted by Crippen LogP contribution is 2.18. The first-order valence-electron chi connectivity index (χ1n) is 7.88. The number of aromatic hydroxyl groups is 1. The van der Waals surface area contributed by atoms with E-state index in [0.717, 1.165) is 35.7 Å². The molecule has 0 amide bonds. The number of morpholine rings is 1. The zero-order chi connectivity index (χ0) is 16.9. The molecule has 1 aromatic carbocycles. The Morgan fingerprint density at radius 1 is 1.25 bits per heavy atom. The lowest BCUT2D eigenvalue weighted by Crippen LogP contribution is -2.36. The zero-order valence-electron chi connectivity index (χ0n) is 13.9. The lowest BCUT2D eigenvalue weighted by molar-refractivity contribution is 0.122. The van der Waals surface area contributed by atoms with Gasteiger partial charge < -0.3 is 14.7 Å². The summed E-state index contributed by atoms with van der Waals surface area (Å²) in [7, 11) is 0. The molecular formula is C17H21N5O2. The maximum absolute atomic E-state index is 9.60. The van der Waals surface area contributed by atoms with E-state index in [1.54, 1.807) is 6.07 Å². The molecule has 1 fully saturated rings. The van der Waals surface area contributed by atoms with Gasteiger partial charge in [-0.25, -0.2) is 9.97 Å². The monoisotopic (exact) mass is 327 g/mol. The molecule has 1 aromatic heterocycles. The van der Waals surface area contributed by atoms with Crippen LogP contribution in [-0.2, 0) is 4.74 Å². The summed E-state index contributed by atoms with van der Waals surface area (Å²) in [6, 6.07) is 7.28. The Hall–Kier alpha value is -2.67. The highest BCUT2D eigenvalue weighted by atomic mass is 16.5. The lowest BCUT2D eigenvalue weighted by Gasteiger charge is -2.27. The number of hydrogen-bond donors (Lipinski definition) is 2. The van der Waals surface area contributed by atoms with Gasteiger partial charge in [0.05, 0.1) is 18.9 Å². The number of hydrogen-bond acceptors (Lipinski definition) is 7. The van der Waals surface area contributed by atoms with Crippen LogP contribution in [0.2, 0.25) is 0 Å². The second kappa shape index (κ2) is 7.27. The maximum atomic E-state index is 9.60. The van der Waals surface area contributed by atoms with Gasteiger partial charge in [0, 0.05) is 19.2 Å². The molecule has 0 unspecified atom stereocenters. The van der Waals surface area contributed by atoms with Crippen molar-refractivity contribution in [3.8, 4) is 5.75 Å². The quantitative estimate of drug-likeness (QED) is 0.661. The van der Waals surface area contributed by atoms with Gasteiger partial charge in [0.25, 0.3) is 0 Å². The number of phenols is 1. The Labute approximate surface area is 141 Å². The molecule has 3 rings (SSSR count). The number of aryl methyl sites for hydroxylation is 1. The highest BCUT2D eigenvalue weighted by Gasteiger charge is 2.12. The third-order valence-corrected chi connectivity index (χ3v) is 3.94. The van der Waals surface area contributed by atoms with Crippen LogP contribution < -0.4 is 10.3 Å². The van der Waals surface area contributed by atoms with Crippen LogP contribution in [0.5, 0.6) is 5.75 Å². The van der Waals surface area contributed by atoms with Crippen LogP contribution in [0.25, 0.3) is 0 Å². The summed E-state index contributed by atoms with van der Waals surface area (Å²) >= 11 is 0. The Kier molecular flexibility index (Phi) is 4.90. The zero-order valence-corrected chi connectivity index (χ0v) is 13.9. The van der Waals surface area contributed by atoms with Crippen molar-refractivity contribution in [1.82, 2.24) is 9.97 Å². The summed E-state index contributed by atoms with van der Waals surface area (Å²) in [5.74, 6) is 1.79. The third kappa shape index (κ3) is 3.80. The standard InChI is InChI=1S/C17H21N5O2/c1-12-9-14(3-4-15(12)23)13(2)20-21-16-10-17(19-11-18-16)22-5-7-24-8-6-22/h3-4,9-11,23H,5-8H2,1-2H3,(H,18,19,21)/b20-13+. The van der Waals surface area contributed by atoms with Gasteiger partial charge in [-0.15, -0.1) is 0 Å². The second-order valence-electron chi connectivity index (χ2n) is 5.67. The van der Waals surface area contributed by atoms with E-state index in [4.69, 9.17) is 4.74 Å². The summed E-state index contributed by atoms with van der Waals surface area (Å²) in [5.41, 5.74) is 5.55. The van der Waals surface area contributed by atoms with Gasteiger partial charge in [-0.1, -0.05) is 0 Å². The Morgan fingerprint density at radius 3 is 2.79 bits per heavy atom. The van der Waals surface area contributed by atoms with E-state index in [1.165, 1.54) is 6.33 Å². The van der Waals surface area contributed by atoms with Crippen molar-refractivity contribution < 1.29 is 9.84 Å². The summed E-state index contributed by atoms with van der Waals surface area (Å²) in [6.45, 7) is 6.84. The van der Waals surface area contributed by atoms with Crippen LogP contribution in [0.1, 0.15) is 18.1 Å². The number of rotatable bonds is 4. The largest absolute Gasteiger partial charge is 0.508 e. The highest BCUT2D eigenvalue weighted by molar-refractivity contribution is 5.99. The fraction of sp³-hybridized carbons (Fsp3) is 0.353. The third-order valence-electron chi connectivity index (χ3n) is 3.94. The molecule has 0 saturated carbocycles. The van der Waals surface area contributed by atoms with Crippen LogP contribution in [-0.4, -0.2) is 47.1 Å².